The molecular weight excluding hydrogens is 228 g/mol. The van der Waals surface area contributed by atoms with Gasteiger partial charge in [0.25, 0.3) is 0 Å². The van der Waals surface area contributed by atoms with E-state index >= 15 is 0 Å². The minimum Gasteiger partial charge on any atom is -0.314 e. The second-order valence-corrected chi connectivity index (χ2v) is 6.96. The topological polar surface area (TPSA) is 15.3 Å². The van der Waals surface area contributed by atoms with Crippen molar-refractivity contribution in [3.05, 3.63) is 0 Å². The molecule has 1 atom stereocenters. The van der Waals surface area contributed by atoms with Crippen LogP contribution in [0.1, 0.15) is 45.4 Å². The zero-order valence-corrected chi connectivity index (χ0v) is 12.3. The van der Waals surface area contributed by atoms with Gasteiger partial charge in [0.05, 0.1) is 0 Å². The predicted molar refractivity (Wildman–Crippen MR) is 77.9 cm³/mol. The molecule has 2 aliphatic rings. The molecule has 0 aromatic carbocycles. The summed E-state index contributed by atoms with van der Waals surface area (Å²) in [6, 6.07) is 0.773. The van der Waals surface area contributed by atoms with E-state index in [1.165, 1.54) is 64.7 Å². The number of rotatable bonds is 4. The molecule has 2 nitrogen and oxygen atoms in total. The molecule has 0 aromatic heterocycles. The maximum atomic E-state index is 3.54. The summed E-state index contributed by atoms with van der Waals surface area (Å²) in [5.41, 5.74) is 0. The summed E-state index contributed by atoms with van der Waals surface area (Å²) in [4.78, 5) is 2.76. The van der Waals surface area contributed by atoms with Crippen molar-refractivity contribution in [2.24, 2.45) is 0 Å². The number of hydrogen-bond donors (Lipinski definition) is 1. The van der Waals surface area contributed by atoms with Crippen LogP contribution in [-0.2, 0) is 0 Å². The molecule has 2 rings (SSSR count). The van der Waals surface area contributed by atoms with Crippen LogP contribution in [0.5, 0.6) is 0 Å². The monoisotopic (exact) mass is 256 g/mol. The molecule has 1 aliphatic carbocycles. The molecule has 1 saturated heterocycles. The van der Waals surface area contributed by atoms with Gasteiger partial charge in [-0.15, -0.1) is 0 Å². The zero-order chi connectivity index (χ0) is 12.1. The highest BCUT2D eigenvalue weighted by Gasteiger charge is 2.35. The molecular formula is C14H28N2S. The third-order valence-corrected chi connectivity index (χ3v) is 6.04. The molecule has 0 radical (unpaired) electrons. The van der Waals surface area contributed by atoms with E-state index in [9.17, 15) is 0 Å². The Bertz CT molecular complexity index is 226. The van der Waals surface area contributed by atoms with Gasteiger partial charge >= 0.3 is 0 Å². The molecule has 0 bridgehead atoms. The molecule has 3 heteroatoms. The van der Waals surface area contributed by atoms with Crippen molar-refractivity contribution in [3.63, 3.8) is 0 Å². The average Bonchev–Trinajstić information content (AvgIpc) is 2.40. The minimum atomic E-state index is 0.572. The van der Waals surface area contributed by atoms with Crippen LogP contribution < -0.4 is 5.32 Å². The number of hydrogen-bond acceptors (Lipinski definition) is 3. The van der Waals surface area contributed by atoms with E-state index in [0.717, 1.165) is 6.04 Å². The summed E-state index contributed by atoms with van der Waals surface area (Å²) >= 11 is 2.14. The molecule has 100 valence electrons. The lowest BCUT2D eigenvalue weighted by molar-refractivity contribution is 0.131. The summed E-state index contributed by atoms with van der Waals surface area (Å²) in [6.45, 7) is 7.29. The van der Waals surface area contributed by atoms with Crippen molar-refractivity contribution in [1.82, 2.24) is 10.2 Å². The smallest absolute Gasteiger partial charge is 0.0284 e. The summed E-state index contributed by atoms with van der Waals surface area (Å²) in [6.07, 6.45) is 10.9. The van der Waals surface area contributed by atoms with Crippen LogP contribution >= 0.6 is 11.8 Å². The van der Waals surface area contributed by atoms with Gasteiger partial charge in [0.2, 0.25) is 0 Å². The van der Waals surface area contributed by atoms with E-state index in [2.05, 4.69) is 35.2 Å². The summed E-state index contributed by atoms with van der Waals surface area (Å²) in [5, 5.41) is 3.54. The lowest BCUT2D eigenvalue weighted by atomic mass is 9.87. The second-order valence-electron chi connectivity index (χ2n) is 5.68. The van der Waals surface area contributed by atoms with Gasteiger partial charge < -0.3 is 5.32 Å². The summed E-state index contributed by atoms with van der Waals surface area (Å²) in [5.74, 6) is 0. The van der Waals surface area contributed by atoms with Crippen molar-refractivity contribution in [1.29, 1.82) is 0 Å². The molecule has 1 aliphatic heterocycles. The van der Waals surface area contributed by atoms with Crippen LogP contribution in [0.15, 0.2) is 0 Å². The van der Waals surface area contributed by atoms with Gasteiger partial charge in [-0.2, -0.15) is 11.8 Å². The highest BCUT2D eigenvalue weighted by atomic mass is 32.2. The maximum absolute atomic E-state index is 3.54. The fraction of sp³-hybridized carbons (Fsp3) is 1.00. The minimum absolute atomic E-state index is 0.572. The van der Waals surface area contributed by atoms with Crippen LogP contribution in [0, 0.1) is 0 Å². The van der Waals surface area contributed by atoms with E-state index in [-0.39, 0.29) is 0 Å². The van der Waals surface area contributed by atoms with Crippen molar-refractivity contribution in [2.45, 2.75) is 56.2 Å². The zero-order valence-electron chi connectivity index (χ0n) is 11.5. The Morgan fingerprint density at radius 1 is 1.29 bits per heavy atom. The van der Waals surface area contributed by atoms with Crippen LogP contribution in [0.25, 0.3) is 0 Å². The Labute approximate surface area is 111 Å². The first-order valence-corrected chi connectivity index (χ1v) is 8.52. The first-order chi connectivity index (χ1) is 8.29. The third-order valence-electron chi connectivity index (χ3n) is 4.63. The van der Waals surface area contributed by atoms with Crippen molar-refractivity contribution < 1.29 is 0 Å². The molecule has 1 saturated carbocycles. The molecule has 1 unspecified atom stereocenters. The fourth-order valence-electron chi connectivity index (χ4n) is 3.41. The Hall–Kier alpha value is 0.270. The lowest BCUT2D eigenvalue weighted by Gasteiger charge is -2.44. The summed E-state index contributed by atoms with van der Waals surface area (Å²) in [7, 11) is 0. The number of nitrogens with one attached hydrogen (secondary N) is 1. The first kappa shape index (κ1) is 13.7. The normalized spacial score (nSPS) is 30.4. The Balaban J connectivity index is 1.96. The molecule has 0 amide bonds. The van der Waals surface area contributed by atoms with E-state index < -0.39 is 0 Å². The van der Waals surface area contributed by atoms with Gasteiger partial charge in [-0.3, -0.25) is 4.90 Å². The molecule has 17 heavy (non-hydrogen) atoms. The predicted octanol–water partition coefficient (Wildman–Crippen LogP) is 2.74. The quantitative estimate of drug-likeness (QED) is 0.832. The van der Waals surface area contributed by atoms with Crippen LogP contribution in [0.3, 0.4) is 0 Å². The van der Waals surface area contributed by atoms with Crippen LogP contribution in [-0.4, -0.2) is 48.1 Å². The molecule has 0 spiro atoms. The Morgan fingerprint density at radius 3 is 2.71 bits per heavy atom. The Kier molecular flexibility index (Phi) is 5.19. The van der Waals surface area contributed by atoms with Crippen molar-refractivity contribution >= 4 is 11.8 Å². The highest BCUT2D eigenvalue weighted by molar-refractivity contribution is 8.00. The van der Waals surface area contributed by atoms with Gasteiger partial charge in [0.15, 0.2) is 0 Å². The van der Waals surface area contributed by atoms with E-state index in [0.29, 0.717) is 4.75 Å². The first-order valence-electron chi connectivity index (χ1n) is 7.29. The van der Waals surface area contributed by atoms with Crippen molar-refractivity contribution in [3.8, 4) is 0 Å². The number of thioether (sulfide) groups is 1. The molecule has 1 heterocycles. The largest absolute Gasteiger partial charge is 0.314 e. The standard InChI is InChI=1S/C14H28N2S/c1-3-13-11-15-9-10-16(13)12-14(17-2)7-5-4-6-8-14/h13,15H,3-12H2,1-2H3. The van der Waals surface area contributed by atoms with Crippen LogP contribution in [0.2, 0.25) is 0 Å². The SMILES string of the molecule is CCC1CNCCN1CC1(SC)CCCCC1. The van der Waals surface area contributed by atoms with E-state index in [4.69, 9.17) is 0 Å². The Morgan fingerprint density at radius 2 is 2.06 bits per heavy atom. The number of nitrogens with zero attached hydrogens (tertiary/aromatic N) is 1. The number of piperazine rings is 1. The van der Waals surface area contributed by atoms with Gasteiger partial charge in [-0.25, -0.2) is 0 Å². The average molecular weight is 256 g/mol. The molecule has 1 N–H and O–H groups in total. The second kappa shape index (κ2) is 6.44. The van der Waals surface area contributed by atoms with E-state index in [1.54, 1.807) is 0 Å². The third kappa shape index (κ3) is 3.39. The van der Waals surface area contributed by atoms with Crippen molar-refractivity contribution in [2.75, 3.05) is 32.4 Å². The fourth-order valence-corrected chi connectivity index (χ4v) is 4.40. The van der Waals surface area contributed by atoms with Gasteiger partial charge in [0, 0.05) is 37.0 Å². The van der Waals surface area contributed by atoms with Gasteiger partial charge in [0.1, 0.15) is 0 Å². The van der Waals surface area contributed by atoms with Crippen LogP contribution in [0.4, 0.5) is 0 Å². The maximum Gasteiger partial charge on any atom is 0.0284 e. The summed E-state index contributed by atoms with van der Waals surface area (Å²) < 4.78 is 0.572. The molecule has 0 aromatic rings. The molecule has 2 fully saturated rings. The van der Waals surface area contributed by atoms with Gasteiger partial charge in [-0.05, 0) is 25.5 Å². The highest BCUT2D eigenvalue weighted by Crippen LogP contribution is 2.39. The van der Waals surface area contributed by atoms with E-state index in [1.807, 2.05) is 0 Å². The van der Waals surface area contributed by atoms with Gasteiger partial charge in [-0.1, -0.05) is 26.2 Å². The lowest BCUT2D eigenvalue weighted by Crippen LogP contribution is -2.55.